The van der Waals surface area contributed by atoms with E-state index in [0.29, 0.717) is 5.56 Å². The lowest BCUT2D eigenvalue weighted by Gasteiger charge is -1.98. The number of hydrogen-bond donors (Lipinski definition) is 0. The zero-order valence-corrected chi connectivity index (χ0v) is 8.77. The highest BCUT2D eigenvalue weighted by atomic mass is 32.2. The minimum atomic E-state index is -3.95. The van der Waals surface area contributed by atoms with Gasteiger partial charge in [0.2, 0.25) is 6.08 Å². The fraction of sp³-hybridized carbons (Fsp3) is 0.111. The van der Waals surface area contributed by atoms with Crippen molar-refractivity contribution >= 4 is 22.2 Å². The summed E-state index contributed by atoms with van der Waals surface area (Å²) >= 11 is 0. The average Bonchev–Trinajstić information content (AvgIpc) is 2.27. The highest BCUT2D eigenvalue weighted by Crippen LogP contribution is 2.13. The summed E-state index contributed by atoms with van der Waals surface area (Å²) in [5.41, 5.74) is 0.650. The summed E-state index contributed by atoms with van der Waals surface area (Å²) < 4.78 is 25.2. The molecule has 6 nitrogen and oxygen atoms in total. The maximum atomic E-state index is 11.2. The van der Waals surface area contributed by atoms with Gasteiger partial charge < -0.3 is 0 Å². The molecule has 0 unspecified atom stereocenters. The molecule has 0 aromatic heterocycles. The van der Waals surface area contributed by atoms with E-state index in [0.717, 1.165) is 6.08 Å². The van der Waals surface area contributed by atoms with E-state index in [-0.39, 0.29) is 11.4 Å². The van der Waals surface area contributed by atoms with Crippen LogP contribution in [0.1, 0.15) is 5.56 Å². The molecule has 0 heterocycles. The van der Waals surface area contributed by atoms with Gasteiger partial charge in [0.05, 0.1) is 11.4 Å². The number of rotatable bonds is 4. The maximum absolute atomic E-state index is 11.2. The Morgan fingerprint density at radius 3 is 2.19 bits per heavy atom. The molecular formula is C9H6N2O4S. The minimum Gasteiger partial charge on any atom is -0.211 e. The Balaban J connectivity index is 3.04. The molecule has 0 bridgehead atoms. The summed E-state index contributed by atoms with van der Waals surface area (Å²) in [4.78, 5) is 22.9. The zero-order chi connectivity index (χ0) is 12.0. The number of carbonyl (C=O) groups excluding carboxylic acids is 2. The molecule has 0 radical (unpaired) electrons. The van der Waals surface area contributed by atoms with Crippen LogP contribution in [0, 0.1) is 0 Å². The molecule has 0 amide bonds. The Kier molecular flexibility index (Phi) is 3.85. The molecule has 16 heavy (non-hydrogen) atoms. The molecule has 82 valence electrons. The summed E-state index contributed by atoms with van der Waals surface area (Å²) in [6.45, 7) is 0.126. The van der Waals surface area contributed by atoms with Crippen LogP contribution in [0.5, 0.6) is 0 Å². The Morgan fingerprint density at radius 1 is 1.06 bits per heavy atom. The molecule has 0 spiro atoms. The van der Waals surface area contributed by atoms with Gasteiger partial charge in [0, 0.05) is 0 Å². The van der Waals surface area contributed by atoms with Crippen molar-refractivity contribution < 1.29 is 18.0 Å². The topological polar surface area (TPSA) is 93.0 Å². The van der Waals surface area contributed by atoms with Crippen molar-refractivity contribution in [1.82, 2.24) is 0 Å². The van der Waals surface area contributed by atoms with Crippen molar-refractivity contribution in [3.05, 3.63) is 29.8 Å². The Labute approximate surface area is 91.4 Å². The Bertz CT molecular complexity index is 564. The van der Waals surface area contributed by atoms with E-state index in [2.05, 4.69) is 9.39 Å². The van der Waals surface area contributed by atoms with Crippen LogP contribution in [0.2, 0.25) is 0 Å². The van der Waals surface area contributed by atoms with Crippen LogP contribution in [0.4, 0.5) is 0 Å². The molecular weight excluding hydrogens is 232 g/mol. The van der Waals surface area contributed by atoms with Crippen molar-refractivity contribution in [2.45, 2.75) is 11.4 Å². The molecule has 0 aliphatic heterocycles. The first-order valence-electron chi connectivity index (χ1n) is 4.07. The number of isocyanates is 2. The second-order valence-corrected chi connectivity index (χ2v) is 4.31. The zero-order valence-electron chi connectivity index (χ0n) is 7.95. The number of nitrogens with zero attached hydrogens (tertiary/aromatic N) is 2. The summed E-state index contributed by atoms with van der Waals surface area (Å²) in [5.74, 6) is 0. The van der Waals surface area contributed by atoms with E-state index in [1.807, 2.05) is 0 Å². The quantitative estimate of drug-likeness (QED) is 0.565. The average molecular weight is 238 g/mol. The summed E-state index contributed by atoms with van der Waals surface area (Å²) in [6.07, 6.45) is 2.34. The van der Waals surface area contributed by atoms with Gasteiger partial charge in [-0.3, -0.25) is 0 Å². The molecule has 1 rings (SSSR count). The van der Waals surface area contributed by atoms with Crippen LogP contribution in [0.3, 0.4) is 0 Å². The third-order valence-corrected chi connectivity index (χ3v) is 2.89. The monoisotopic (exact) mass is 238 g/mol. The number of benzene rings is 1. The lowest BCUT2D eigenvalue weighted by molar-refractivity contribution is 0.562. The van der Waals surface area contributed by atoms with Crippen LogP contribution in [0.15, 0.2) is 38.6 Å². The molecule has 0 atom stereocenters. The number of aliphatic imine (C=N–C) groups is 1. The van der Waals surface area contributed by atoms with Gasteiger partial charge in [-0.15, -0.1) is 0 Å². The fourth-order valence-electron chi connectivity index (χ4n) is 0.992. The number of hydrogen-bond acceptors (Lipinski definition) is 5. The smallest absolute Gasteiger partial charge is 0.211 e. The van der Waals surface area contributed by atoms with Crippen molar-refractivity contribution in [2.24, 2.45) is 9.39 Å². The van der Waals surface area contributed by atoms with E-state index < -0.39 is 10.0 Å². The van der Waals surface area contributed by atoms with Gasteiger partial charge in [-0.25, -0.2) is 14.6 Å². The summed E-state index contributed by atoms with van der Waals surface area (Å²) in [6, 6.07) is 5.47. The Morgan fingerprint density at radius 2 is 1.69 bits per heavy atom. The lowest BCUT2D eigenvalue weighted by Crippen LogP contribution is -1.96. The predicted octanol–water partition coefficient (Wildman–Crippen LogP) is 0.547. The largest absolute Gasteiger partial charge is 0.292 e. The van der Waals surface area contributed by atoms with Crippen LogP contribution >= 0.6 is 0 Å². The van der Waals surface area contributed by atoms with Crippen LogP contribution in [-0.2, 0) is 26.2 Å². The highest BCUT2D eigenvalue weighted by molar-refractivity contribution is 7.90. The molecule has 1 aromatic rings. The Hall–Kier alpha value is -2.07. The standard InChI is InChI=1S/C9H6N2O4S/c12-6-10-5-8-1-3-9(4-2-8)16(14,15)11-7-13/h1-4H,5H2. The van der Waals surface area contributed by atoms with Gasteiger partial charge in [-0.1, -0.05) is 16.5 Å². The van der Waals surface area contributed by atoms with Gasteiger partial charge >= 0.3 is 0 Å². The van der Waals surface area contributed by atoms with E-state index in [1.54, 1.807) is 0 Å². The highest BCUT2D eigenvalue weighted by Gasteiger charge is 2.11. The third kappa shape index (κ3) is 2.96. The van der Waals surface area contributed by atoms with Crippen LogP contribution < -0.4 is 0 Å². The molecule has 0 N–H and O–H groups in total. The van der Waals surface area contributed by atoms with Gasteiger partial charge in [0.15, 0.2) is 0 Å². The fourth-order valence-corrected chi connectivity index (χ4v) is 1.68. The van der Waals surface area contributed by atoms with Crippen LogP contribution in [0.25, 0.3) is 0 Å². The molecule has 0 aliphatic carbocycles. The molecule has 0 saturated carbocycles. The third-order valence-electron chi connectivity index (χ3n) is 1.70. The summed E-state index contributed by atoms with van der Waals surface area (Å²) in [7, 11) is -3.95. The predicted molar refractivity (Wildman–Crippen MR) is 53.6 cm³/mol. The second-order valence-electron chi connectivity index (χ2n) is 2.71. The second kappa shape index (κ2) is 5.14. The van der Waals surface area contributed by atoms with E-state index >= 15 is 0 Å². The van der Waals surface area contributed by atoms with E-state index in [9.17, 15) is 18.0 Å². The van der Waals surface area contributed by atoms with Gasteiger partial charge in [0.25, 0.3) is 16.1 Å². The normalized spacial score (nSPS) is 10.0. The molecule has 0 fully saturated rings. The van der Waals surface area contributed by atoms with Crippen molar-refractivity contribution in [1.29, 1.82) is 0 Å². The van der Waals surface area contributed by atoms with Crippen molar-refractivity contribution in [3.63, 3.8) is 0 Å². The SMILES string of the molecule is O=C=NCc1ccc(S(=O)(=O)N=C=O)cc1. The molecule has 1 aromatic carbocycles. The van der Waals surface area contributed by atoms with E-state index in [1.165, 1.54) is 30.3 Å². The van der Waals surface area contributed by atoms with Crippen molar-refractivity contribution in [2.75, 3.05) is 0 Å². The van der Waals surface area contributed by atoms with E-state index in [4.69, 9.17) is 0 Å². The summed E-state index contributed by atoms with van der Waals surface area (Å²) in [5, 5.41) is 0. The first kappa shape index (κ1) is 12.0. The molecule has 0 saturated heterocycles. The minimum absolute atomic E-state index is 0.116. The molecule has 7 heteroatoms. The first-order valence-corrected chi connectivity index (χ1v) is 5.51. The van der Waals surface area contributed by atoms with Gasteiger partial charge in [-0.05, 0) is 17.7 Å². The molecule has 0 aliphatic rings. The van der Waals surface area contributed by atoms with Crippen molar-refractivity contribution in [3.8, 4) is 0 Å². The van der Waals surface area contributed by atoms with Gasteiger partial charge in [-0.2, -0.15) is 8.42 Å². The van der Waals surface area contributed by atoms with Crippen LogP contribution in [-0.4, -0.2) is 20.6 Å². The first-order chi connectivity index (χ1) is 7.60. The van der Waals surface area contributed by atoms with Gasteiger partial charge in [0.1, 0.15) is 0 Å². The maximum Gasteiger partial charge on any atom is 0.292 e. The lowest BCUT2D eigenvalue weighted by atomic mass is 10.2. The number of sulfonamides is 1.